The van der Waals surface area contributed by atoms with Crippen LogP contribution in [0, 0.1) is 0 Å². The monoisotopic (exact) mass is 636 g/mol. The number of para-hydroxylation sites is 1. The van der Waals surface area contributed by atoms with E-state index in [4.69, 9.17) is 0 Å². The van der Waals surface area contributed by atoms with Crippen molar-refractivity contribution in [2.24, 2.45) is 0 Å². The molecule has 0 aliphatic carbocycles. The van der Waals surface area contributed by atoms with E-state index in [2.05, 4.69) is 177 Å². The molecule has 0 saturated heterocycles. The van der Waals surface area contributed by atoms with E-state index < -0.39 is 0 Å². The molecule has 0 spiro atoms. The number of nitrogens with zero attached hydrogens (tertiary/aromatic N) is 2. The fourth-order valence-electron chi connectivity index (χ4n) is 7.57. The number of halogens is 1. The van der Waals surface area contributed by atoms with E-state index in [1.54, 1.807) is 0 Å². The molecule has 10 aromatic rings. The molecule has 210 valence electrons. The summed E-state index contributed by atoms with van der Waals surface area (Å²) in [7, 11) is 0. The van der Waals surface area contributed by atoms with Crippen LogP contribution in [-0.4, -0.2) is 9.13 Å². The Kier molecular flexibility index (Phi) is 5.17. The molecule has 0 amide bonds. The predicted molar refractivity (Wildman–Crippen MR) is 195 cm³/mol. The van der Waals surface area contributed by atoms with Gasteiger partial charge in [-0.1, -0.05) is 115 Å². The Morgan fingerprint density at radius 1 is 0.356 bits per heavy atom. The molecule has 0 bridgehead atoms. The van der Waals surface area contributed by atoms with Crippen molar-refractivity contribution in [1.29, 1.82) is 0 Å². The zero-order valence-corrected chi connectivity index (χ0v) is 25.8. The number of rotatable bonds is 2. The highest BCUT2D eigenvalue weighted by molar-refractivity contribution is 9.10. The normalized spacial score (nSPS) is 12.1. The van der Waals surface area contributed by atoms with E-state index in [1.807, 2.05) is 0 Å². The fourth-order valence-corrected chi connectivity index (χ4v) is 8.18. The van der Waals surface area contributed by atoms with Gasteiger partial charge in [-0.15, -0.1) is 0 Å². The van der Waals surface area contributed by atoms with Crippen molar-refractivity contribution < 1.29 is 0 Å². The zero-order valence-electron chi connectivity index (χ0n) is 24.2. The Bertz CT molecular complexity index is 2830. The molecule has 0 aliphatic rings. The molecule has 2 heterocycles. The predicted octanol–water partition coefficient (Wildman–Crippen LogP) is 12.1. The Morgan fingerprint density at radius 3 is 1.76 bits per heavy atom. The van der Waals surface area contributed by atoms with Crippen LogP contribution >= 0.6 is 15.9 Å². The average molecular weight is 638 g/mol. The van der Waals surface area contributed by atoms with Gasteiger partial charge in [-0.2, -0.15) is 0 Å². The quantitative estimate of drug-likeness (QED) is 0.179. The maximum atomic E-state index is 4.19. The van der Waals surface area contributed by atoms with Gasteiger partial charge in [0.2, 0.25) is 0 Å². The third-order valence-corrected chi connectivity index (χ3v) is 10.3. The Labute approximate surface area is 267 Å². The van der Waals surface area contributed by atoms with Gasteiger partial charge in [0.25, 0.3) is 0 Å². The summed E-state index contributed by atoms with van der Waals surface area (Å²) in [5.74, 6) is 0. The first-order valence-electron chi connectivity index (χ1n) is 15.3. The molecular weight excluding hydrogens is 612 g/mol. The van der Waals surface area contributed by atoms with Gasteiger partial charge in [0.15, 0.2) is 0 Å². The molecule has 10 rings (SSSR count). The van der Waals surface area contributed by atoms with Crippen LogP contribution in [0.25, 0.3) is 87.3 Å². The molecule has 2 aromatic heterocycles. The zero-order chi connectivity index (χ0) is 29.6. The molecule has 45 heavy (non-hydrogen) atoms. The van der Waals surface area contributed by atoms with E-state index in [9.17, 15) is 0 Å². The van der Waals surface area contributed by atoms with Crippen molar-refractivity contribution in [2.45, 2.75) is 0 Å². The second-order valence-electron chi connectivity index (χ2n) is 11.9. The van der Waals surface area contributed by atoms with E-state index in [-0.39, 0.29) is 0 Å². The van der Waals surface area contributed by atoms with Gasteiger partial charge < -0.3 is 9.13 Å². The lowest BCUT2D eigenvalue weighted by atomic mass is 10.0. The van der Waals surface area contributed by atoms with Crippen molar-refractivity contribution >= 4 is 91.9 Å². The summed E-state index contributed by atoms with van der Waals surface area (Å²) in [4.78, 5) is 0. The second kappa shape index (κ2) is 9.31. The molecule has 0 saturated carbocycles. The summed E-state index contributed by atoms with van der Waals surface area (Å²) < 4.78 is 5.95. The van der Waals surface area contributed by atoms with E-state index in [0.29, 0.717) is 0 Å². The first-order valence-corrected chi connectivity index (χ1v) is 16.1. The highest BCUT2D eigenvalue weighted by atomic mass is 79.9. The molecule has 3 heteroatoms. The average Bonchev–Trinajstić information content (AvgIpc) is 3.60. The summed E-state index contributed by atoms with van der Waals surface area (Å²) in [6.07, 6.45) is 0. The maximum Gasteiger partial charge on any atom is 0.0656 e. The van der Waals surface area contributed by atoms with Crippen molar-refractivity contribution in [3.63, 3.8) is 0 Å². The maximum absolute atomic E-state index is 4.19. The largest absolute Gasteiger partial charge is 0.308 e. The van der Waals surface area contributed by atoms with Crippen LogP contribution in [0.5, 0.6) is 0 Å². The molecule has 0 N–H and O–H groups in total. The minimum absolute atomic E-state index is 1.06. The van der Waals surface area contributed by atoms with E-state index in [0.717, 1.165) is 15.8 Å². The first-order chi connectivity index (χ1) is 22.3. The molecule has 8 aromatic carbocycles. The van der Waals surface area contributed by atoms with Gasteiger partial charge in [0.05, 0.1) is 37.9 Å². The summed E-state index contributed by atoms with van der Waals surface area (Å²) in [6.45, 7) is 0. The van der Waals surface area contributed by atoms with Gasteiger partial charge in [-0.05, 0) is 79.3 Å². The second-order valence-corrected chi connectivity index (χ2v) is 12.7. The first kappa shape index (κ1) is 25.0. The number of aromatic nitrogens is 2. The highest BCUT2D eigenvalue weighted by Crippen LogP contribution is 2.43. The van der Waals surface area contributed by atoms with Gasteiger partial charge in [-0.3, -0.25) is 0 Å². The highest BCUT2D eigenvalue weighted by Gasteiger charge is 2.21. The third kappa shape index (κ3) is 3.44. The lowest BCUT2D eigenvalue weighted by molar-refractivity contribution is 1.12. The Balaban J connectivity index is 1.35. The lowest BCUT2D eigenvalue weighted by Gasteiger charge is -2.17. The van der Waals surface area contributed by atoms with Crippen LogP contribution in [0.3, 0.4) is 0 Å². The van der Waals surface area contributed by atoms with Crippen molar-refractivity contribution in [3.8, 4) is 11.4 Å². The molecule has 2 nitrogen and oxygen atoms in total. The smallest absolute Gasteiger partial charge is 0.0656 e. The Hall–Kier alpha value is -5.38. The van der Waals surface area contributed by atoms with Crippen LogP contribution in [0.15, 0.2) is 156 Å². The van der Waals surface area contributed by atoms with Crippen LogP contribution in [-0.2, 0) is 0 Å². The molecule has 0 fully saturated rings. The molecule has 0 unspecified atom stereocenters. The van der Waals surface area contributed by atoms with Gasteiger partial charge in [0.1, 0.15) is 0 Å². The number of benzene rings is 8. The van der Waals surface area contributed by atoms with Crippen molar-refractivity contribution in [1.82, 2.24) is 9.13 Å². The van der Waals surface area contributed by atoms with Crippen molar-refractivity contribution in [2.75, 3.05) is 0 Å². The fraction of sp³-hybridized carbons (Fsp3) is 0. The molecule has 0 aliphatic heterocycles. The standard InChI is InChI=1S/C42H25BrN2/c43-41-37(44-35-17-8-7-16-33(35)40-30-14-5-3-10-26(30)21-23-36(40)44)18-9-19-38(41)45-39-25-29-13-2-1-12-28(29)24-34(39)32-22-20-27-11-4-6-15-31(27)42(32)45/h1-25H. The molecule has 0 atom stereocenters. The van der Waals surface area contributed by atoms with Crippen LogP contribution in [0.1, 0.15) is 0 Å². The minimum Gasteiger partial charge on any atom is -0.308 e. The van der Waals surface area contributed by atoms with Crippen LogP contribution in [0.2, 0.25) is 0 Å². The summed E-state index contributed by atoms with van der Waals surface area (Å²) >= 11 is 4.19. The van der Waals surface area contributed by atoms with Gasteiger partial charge in [0, 0.05) is 26.9 Å². The third-order valence-electron chi connectivity index (χ3n) is 9.52. The lowest BCUT2D eigenvalue weighted by Crippen LogP contribution is -2.01. The van der Waals surface area contributed by atoms with E-state index >= 15 is 0 Å². The minimum atomic E-state index is 1.06. The SMILES string of the molecule is Brc1c(-n2c3ccccc3c3c4ccccc4ccc32)cccc1-n1c2cc3ccccc3cc2c2ccc3ccccc3c21. The number of hydrogen-bond acceptors (Lipinski definition) is 0. The molecule has 0 radical (unpaired) electrons. The van der Waals surface area contributed by atoms with Crippen LogP contribution in [0.4, 0.5) is 0 Å². The number of fused-ring (bicyclic) bond motifs is 11. The summed E-state index contributed by atoms with van der Waals surface area (Å²) in [5, 5.41) is 12.6. The van der Waals surface area contributed by atoms with Crippen LogP contribution < -0.4 is 0 Å². The van der Waals surface area contributed by atoms with Gasteiger partial charge >= 0.3 is 0 Å². The van der Waals surface area contributed by atoms with E-state index in [1.165, 1.54) is 75.9 Å². The topological polar surface area (TPSA) is 9.86 Å². The van der Waals surface area contributed by atoms with Crippen molar-refractivity contribution in [3.05, 3.63) is 156 Å². The molecular formula is C42H25BrN2. The Morgan fingerprint density at radius 2 is 0.956 bits per heavy atom. The number of hydrogen-bond donors (Lipinski definition) is 0. The van der Waals surface area contributed by atoms with Gasteiger partial charge in [-0.25, -0.2) is 0 Å². The summed E-state index contributed by atoms with van der Waals surface area (Å²) in [5.41, 5.74) is 7.05. The summed E-state index contributed by atoms with van der Waals surface area (Å²) in [6, 6.07) is 55.3.